The molecule has 1 aromatic rings. The van der Waals surface area contributed by atoms with Crippen molar-refractivity contribution in [2.45, 2.75) is 12.5 Å². The smallest absolute Gasteiger partial charge is 0.225 e. The summed E-state index contributed by atoms with van der Waals surface area (Å²) in [5.41, 5.74) is 0.330. The molecule has 1 atom stereocenters. The van der Waals surface area contributed by atoms with Gasteiger partial charge in [0.25, 0.3) is 0 Å². The van der Waals surface area contributed by atoms with Gasteiger partial charge >= 0.3 is 0 Å². The summed E-state index contributed by atoms with van der Waals surface area (Å²) >= 11 is 0. The zero-order valence-corrected chi connectivity index (χ0v) is 8.24. The van der Waals surface area contributed by atoms with Crippen LogP contribution in [0.1, 0.15) is 12.5 Å². The Bertz CT molecular complexity index is 281. The summed E-state index contributed by atoms with van der Waals surface area (Å²) in [6.45, 7) is 1.86. The lowest BCUT2D eigenvalue weighted by Gasteiger charge is -2.30. The molecule has 1 aromatic carbocycles. The average Bonchev–Trinajstić information content (AvgIpc) is 2.17. The first-order valence-corrected chi connectivity index (χ1v) is 4.23. The molecule has 0 spiro atoms. The van der Waals surface area contributed by atoms with E-state index in [1.54, 1.807) is 0 Å². The highest BCUT2D eigenvalue weighted by atomic mass is 16.1. The van der Waals surface area contributed by atoms with Crippen LogP contribution in [0.15, 0.2) is 30.3 Å². The van der Waals surface area contributed by atoms with Gasteiger partial charge in [0.1, 0.15) is 5.54 Å². The number of likely N-dealkylation sites (N-methyl/N-ethyl adjacent to an activating group) is 1. The zero-order chi connectivity index (χ0) is 9.90. The van der Waals surface area contributed by atoms with E-state index in [0.29, 0.717) is 0 Å². The van der Waals surface area contributed by atoms with Crippen molar-refractivity contribution in [2.24, 2.45) is 0 Å². The van der Waals surface area contributed by atoms with Crippen molar-refractivity contribution >= 4 is 6.29 Å². The highest BCUT2D eigenvalue weighted by Gasteiger charge is 2.29. The SMILES string of the molecule is CN(C)[C@@](C)([C]=O)c1ccccc1. The molecule has 0 aliphatic rings. The minimum absolute atomic E-state index is 0.638. The van der Waals surface area contributed by atoms with Crippen LogP contribution in [-0.4, -0.2) is 25.3 Å². The third-order valence-electron chi connectivity index (χ3n) is 2.43. The van der Waals surface area contributed by atoms with Gasteiger partial charge in [0.15, 0.2) is 0 Å². The van der Waals surface area contributed by atoms with Crippen LogP contribution in [0.3, 0.4) is 0 Å². The standard InChI is InChI=1S/C11H14NO/c1-11(9-13,12(2)3)10-7-5-4-6-8-10/h4-8H,1-3H3/t11-/m0/s1. The summed E-state index contributed by atoms with van der Waals surface area (Å²) in [5.74, 6) is 0. The molecule has 2 heteroatoms. The van der Waals surface area contributed by atoms with Crippen molar-refractivity contribution < 1.29 is 4.79 Å². The normalized spacial score (nSPS) is 15.4. The van der Waals surface area contributed by atoms with Crippen molar-refractivity contribution in [1.29, 1.82) is 0 Å². The molecule has 1 radical (unpaired) electrons. The van der Waals surface area contributed by atoms with Gasteiger partial charge in [-0.05, 0) is 26.6 Å². The fourth-order valence-electron chi connectivity index (χ4n) is 1.17. The molecule has 0 saturated heterocycles. The van der Waals surface area contributed by atoms with Gasteiger partial charge in [-0.25, -0.2) is 0 Å². The Labute approximate surface area is 79.2 Å². The monoisotopic (exact) mass is 176 g/mol. The van der Waals surface area contributed by atoms with E-state index in [-0.39, 0.29) is 0 Å². The van der Waals surface area contributed by atoms with Crippen molar-refractivity contribution in [2.75, 3.05) is 14.1 Å². The van der Waals surface area contributed by atoms with Gasteiger partial charge in [-0.3, -0.25) is 9.69 Å². The molecule has 0 fully saturated rings. The number of rotatable bonds is 3. The topological polar surface area (TPSA) is 20.3 Å². The highest BCUT2D eigenvalue weighted by molar-refractivity contribution is 5.67. The Hall–Kier alpha value is -1.15. The number of carbonyl (C=O) groups excluding carboxylic acids is 1. The Morgan fingerprint density at radius 2 is 1.77 bits per heavy atom. The van der Waals surface area contributed by atoms with Gasteiger partial charge in [0.05, 0.1) is 0 Å². The van der Waals surface area contributed by atoms with E-state index in [4.69, 9.17) is 0 Å². The van der Waals surface area contributed by atoms with E-state index >= 15 is 0 Å². The van der Waals surface area contributed by atoms with Crippen LogP contribution in [0.25, 0.3) is 0 Å². The van der Waals surface area contributed by atoms with Crippen molar-refractivity contribution in [3.63, 3.8) is 0 Å². The molecular weight excluding hydrogens is 162 g/mol. The molecule has 69 valence electrons. The van der Waals surface area contributed by atoms with Crippen LogP contribution in [-0.2, 0) is 10.3 Å². The van der Waals surface area contributed by atoms with Gasteiger partial charge in [0, 0.05) is 0 Å². The minimum Gasteiger partial charge on any atom is -0.293 e. The minimum atomic E-state index is -0.638. The molecule has 13 heavy (non-hydrogen) atoms. The number of hydrogen-bond donors (Lipinski definition) is 0. The third-order valence-corrected chi connectivity index (χ3v) is 2.43. The van der Waals surface area contributed by atoms with Crippen LogP contribution in [0.2, 0.25) is 0 Å². The van der Waals surface area contributed by atoms with Crippen LogP contribution >= 0.6 is 0 Å². The predicted molar refractivity (Wildman–Crippen MR) is 53.2 cm³/mol. The molecule has 0 N–H and O–H groups in total. The first-order valence-electron chi connectivity index (χ1n) is 4.23. The predicted octanol–water partition coefficient (Wildman–Crippen LogP) is 1.57. The molecule has 2 nitrogen and oxygen atoms in total. The lowest BCUT2D eigenvalue weighted by atomic mass is 9.93. The van der Waals surface area contributed by atoms with Crippen LogP contribution in [0.4, 0.5) is 0 Å². The fourth-order valence-corrected chi connectivity index (χ4v) is 1.17. The summed E-state index contributed by atoms with van der Waals surface area (Å²) in [7, 11) is 3.75. The molecule has 0 aromatic heterocycles. The average molecular weight is 176 g/mol. The second-order valence-electron chi connectivity index (χ2n) is 3.43. The third kappa shape index (κ3) is 1.78. The van der Waals surface area contributed by atoms with Crippen LogP contribution in [0, 0.1) is 0 Å². The molecule has 0 aliphatic heterocycles. The van der Waals surface area contributed by atoms with E-state index in [1.165, 1.54) is 0 Å². The molecule has 0 unspecified atom stereocenters. The highest BCUT2D eigenvalue weighted by Crippen LogP contribution is 2.22. The van der Waals surface area contributed by atoms with Crippen molar-refractivity contribution in [3.05, 3.63) is 35.9 Å². The van der Waals surface area contributed by atoms with Crippen LogP contribution < -0.4 is 0 Å². The summed E-state index contributed by atoms with van der Waals surface area (Å²) in [6, 6.07) is 9.66. The van der Waals surface area contributed by atoms with Crippen molar-refractivity contribution in [1.82, 2.24) is 4.90 Å². The number of nitrogens with zero attached hydrogens (tertiary/aromatic N) is 1. The maximum atomic E-state index is 10.9. The van der Waals surface area contributed by atoms with Gasteiger partial charge < -0.3 is 0 Å². The second-order valence-corrected chi connectivity index (χ2v) is 3.43. The summed E-state index contributed by atoms with van der Waals surface area (Å²) in [4.78, 5) is 12.8. The lowest BCUT2D eigenvalue weighted by molar-refractivity contribution is 0.246. The second kappa shape index (κ2) is 3.71. The fraction of sp³-hybridized carbons (Fsp3) is 0.364. The van der Waals surface area contributed by atoms with Gasteiger partial charge in [-0.15, -0.1) is 0 Å². The van der Waals surface area contributed by atoms with Gasteiger partial charge in [0.2, 0.25) is 6.29 Å². The molecule has 0 heterocycles. The van der Waals surface area contributed by atoms with E-state index in [2.05, 4.69) is 6.29 Å². The summed E-state index contributed by atoms with van der Waals surface area (Å²) in [5, 5.41) is 0. The summed E-state index contributed by atoms with van der Waals surface area (Å²) in [6.07, 6.45) is 2.07. The largest absolute Gasteiger partial charge is 0.293 e. The van der Waals surface area contributed by atoms with E-state index in [9.17, 15) is 4.79 Å². The van der Waals surface area contributed by atoms with Gasteiger partial charge in [-0.1, -0.05) is 30.3 Å². The first-order chi connectivity index (χ1) is 6.11. The molecule has 0 saturated carbocycles. The molecule has 0 aliphatic carbocycles. The first kappa shape index (κ1) is 9.93. The Balaban J connectivity index is 3.10. The Morgan fingerprint density at radius 1 is 1.23 bits per heavy atom. The van der Waals surface area contributed by atoms with E-state index < -0.39 is 5.54 Å². The molecule has 0 amide bonds. The maximum Gasteiger partial charge on any atom is 0.225 e. The zero-order valence-electron chi connectivity index (χ0n) is 8.24. The molecular formula is C11H14NO. The maximum absolute atomic E-state index is 10.9. The molecule has 1 rings (SSSR count). The lowest BCUT2D eigenvalue weighted by Crippen LogP contribution is -2.39. The Kier molecular flexibility index (Phi) is 2.83. The Morgan fingerprint density at radius 3 is 2.15 bits per heavy atom. The van der Waals surface area contributed by atoms with Gasteiger partial charge in [-0.2, -0.15) is 0 Å². The number of benzene rings is 1. The number of hydrogen-bond acceptors (Lipinski definition) is 2. The van der Waals surface area contributed by atoms with E-state index in [1.807, 2.05) is 56.3 Å². The van der Waals surface area contributed by atoms with Crippen LogP contribution in [0.5, 0.6) is 0 Å². The summed E-state index contributed by atoms with van der Waals surface area (Å²) < 4.78 is 0. The molecule has 0 bridgehead atoms. The van der Waals surface area contributed by atoms with E-state index in [0.717, 1.165) is 5.56 Å². The van der Waals surface area contributed by atoms with Crippen molar-refractivity contribution in [3.8, 4) is 0 Å². The quantitative estimate of drug-likeness (QED) is 0.696.